The predicted octanol–water partition coefficient (Wildman–Crippen LogP) is 2.40. The van der Waals surface area contributed by atoms with E-state index >= 15 is 0 Å². The number of amides is 2. The van der Waals surface area contributed by atoms with Crippen LogP contribution >= 0.6 is 0 Å². The van der Waals surface area contributed by atoms with Crippen molar-refractivity contribution in [2.24, 2.45) is 7.05 Å². The van der Waals surface area contributed by atoms with E-state index in [1.807, 2.05) is 43.6 Å². The third-order valence-electron chi connectivity index (χ3n) is 3.69. The van der Waals surface area contributed by atoms with Crippen LogP contribution in [0.2, 0.25) is 0 Å². The number of anilines is 2. The molecule has 0 aliphatic carbocycles. The van der Waals surface area contributed by atoms with Gasteiger partial charge in [0.15, 0.2) is 0 Å². The fraction of sp³-hybridized carbons (Fsp3) is 0.250. The van der Waals surface area contributed by atoms with Crippen LogP contribution in [0.1, 0.15) is 23.3 Å². The monoisotopic (exact) mass is 283 g/mol. The number of aromatic nitrogens is 1. The SMILES string of the molecule is Cn1cccc1C(=O)Nc1ccc(N2CCCC2=O)cc1. The molecule has 0 bridgehead atoms. The average Bonchev–Trinajstić information content (AvgIpc) is 3.08. The zero-order valence-corrected chi connectivity index (χ0v) is 11.9. The van der Waals surface area contributed by atoms with Crippen LogP contribution in [0, 0.1) is 0 Å². The van der Waals surface area contributed by atoms with Gasteiger partial charge in [-0.3, -0.25) is 9.59 Å². The molecule has 108 valence electrons. The van der Waals surface area contributed by atoms with Crippen LogP contribution < -0.4 is 10.2 Å². The summed E-state index contributed by atoms with van der Waals surface area (Å²) in [6.07, 6.45) is 3.35. The molecule has 1 saturated heterocycles. The molecule has 0 atom stereocenters. The Bertz CT molecular complexity index is 673. The van der Waals surface area contributed by atoms with Crippen molar-refractivity contribution in [3.8, 4) is 0 Å². The molecule has 5 nitrogen and oxygen atoms in total. The number of hydrogen-bond acceptors (Lipinski definition) is 2. The summed E-state index contributed by atoms with van der Waals surface area (Å²) in [6, 6.07) is 11.0. The van der Waals surface area contributed by atoms with Crippen LogP contribution in [-0.4, -0.2) is 22.9 Å². The Morgan fingerprint density at radius 2 is 1.95 bits per heavy atom. The number of carbonyl (C=O) groups excluding carboxylic acids is 2. The van der Waals surface area contributed by atoms with Gasteiger partial charge in [0.1, 0.15) is 5.69 Å². The summed E-state index contributed by atoms with van der Waals surface area (Å²) >= 11 is 0. The molecule has 1 fully saturated rings. The van der Waals surface area contributed by atoms with Gasteiger partial charge in [0.25, 0.3) is 5.91 Å². The molecule has 3 rings (SSSR count). The van der Waals surface area contributed by atoms with Crippen LogP contribution in [0.3, 0.4) is 0 Å². The molecule has 0 unspecified atom stereocenters. The van der Waals surface area contributed by atoms with Crippen LogP contribution in [0.15, 0.2) is 42.6 Å². The van der Waals surface area contributed by atoms with Gasteiger partial charge in [-0.15, -0.1) is 0 Å². The van der Waals surface area contributed by atoms with Crippen molar-refractivity contribution in [1.29, 1.82) is 0 Å². The van der Waals surface area contributed by atoms with E-state index in [1.165, 1.54) is 0 Å². The highest BCUT2D eigenvalue weighted by atomic mass is 16.2. The van der Waals surface area contributed by atoms with Crippen LogP contribution in [0.25, 0.3) is 0 Å². The molecule has 0 radical (unpaired) electrons. The summed E-state index contributed by atoms with van der Waals surface area (Å²) in [7, 11) is 1.83. The second-order valence-corrected chi connectivity index (χ2v) is 5.15. The highest BCUT2D eigenvalue weighted by Crippen LogP contribution is 2.23. The summed E-state index contributed by atoms with van der Waals surface area (Å²) in [5, 5.41) is 2.85. The minimum absolute atomic E-state index is 0.146. The minimum Gasteiger partial charge on any atom is -0.347 e. The number of benzene rings is 1. The normalized spacial score (nSPS) is 14.5. The topological polar surface area (TPSA) is 54.3 Å². The second-order valence-electron chi connectivity index (χ2n) is 5.15. The van der Waals surface area contributed by atoms with Crippen molar-refractivity contribution in [2.75, 3.05) is 16.8 Å². The zero-order chi connectivity index (χ0) is 14.8. The zero-order valence-electron chi connectivity index (χ0n) is 11.9. The molecule has 0 saturated carbocycles. The van der Waals surface area contributed by atoms with E-state index in [4.69, 9.17) is 0 Å². The van der Waals surface area contributed by atoms with E-state index in [9.17, 15) is 9.59 Å². The van der Waals surface area contributed by atoms with Crippen molar-refractivity contribution in [3.05, 3.63) is 48.3 Å². The Morgan fingerprint density at radius 1 is 1.19 bits per heavy atom. The van der Waals surface area contributed by atoms with Crippen LogP contribution in [0.5, 0.6) is 0 Å². The van der Waals surface area contributed by atoms with E-state index in [0.717, 1.165) is 24.3 Å². The maximum absolute atomic E-state index is 12.1. The first-order valence-electron chi connectivity index (χ1n) is 6.98. The number of hydrogen-bond donors (Lipinski definition) is 1. The maximum Gasteiger partial charge on any atom is 0.272 e. The standard InChI is InChI=1S/C16H17N3O2/c1-18-10-2-4-14(18)16(21)17-12-6-8-13(9-7-12)19-11-3-5-15(19)20/h2,4,6-10H,3,5,11H2,1H3,(H,17,21). The van der Waals surface area contributed by atoms with Gasteiger partial charge in [-0.1, -0.05) is 0 Å². The van der Waals surface area contributed by atoms with Gasteiger partial charge in [0.2, 0.25) is 5.91 Å². The number of carbonyl (C=O) groups is 2. The molecular formula is C16H17N3O2. The van der Waals surface area contributed by atoms with Gasteiger partial charge >= 0.3 is 0 Å². The lowest BCUT2D eigenvalue weighted by Gasteiger charge is -2.16. The quantitative estimate of drug-likeness (QED) is 0.940. The van der Waals surface area contributed by atoms with Crippen LogP contribution in [-0.2, 0) is 11.8 Å². The van der Waals surface area contributed by atoms with Crippen molar-refractivity contribution in [2.45, 2.75) is 12.8 Å². The molecule has 1 aromatic heterocycles. The van der Waals surface area contributed by atoms with Crippen molar-refractivity contribution < 1.29 is 9.59 Å². The molecule has 2 amide bonds. The van der Waals surface area contributed by atoms with Gasteiger partial charge in [-0.2, -0.15) is 0 Å². The van der Waals surface area contributed by atoms with Gasteiger partial charge < -0.3 is 14.8 Å². The van der Waals surface area contributed by atoms with Gasteiger partial charge in [-0.05, 0) is 42.8 Å². The fourth-order valence-electron chi connectivity index (χ4n) is 2.54. The Hall–Kier alpha value is -2.56. The highest BCUT2D eigenvalue weighted by Gasteiger charge is 2.21. The minimum atomic E-state index is -0.146. The molecule has 0 spiro atoms. The number of nitrogens with zero attached hydrogens (tertiary/aromatic N) is 2. The summed E-state index contributed by atoms with van der Waals surface area (Å²) in [5.41, 5.74) is 2.21. The molecule has 1 N–H and O–H groups in total. The highest BCUT2D eigenvalue weighted by molar-refractivity contribution is 6.03. The maximum atomic E-state index is 12.1. The van der Waals surface area contributed by atoms with Crippen molar-refractivity contribution >= 4 is 23.2 Å². The largest absolute Gasteiger partial charge is 0.347 e. The summed E-state index contributed by atoms with van der Waals surface area (Å²) in [4.78, 5) is 25.6. The fourth-order valence-corrected chi connectivity index (χ4v) is 2.54. The number of nitrogens with one attached hydrogen (secondary N) is 1. The van der Waals surface area contributed by atoms with E-state index in [0.29, 0.717) is 12.1 Å². The molecular weight excluding hydrogens is 266 g/mol. The molecule has 2 heterocycles. The van der Waals surface area contributed by atoms with Crippen molar-refractivity contribution in [3.63, 3.8) is 0 Å². The lowest BCUT2D eigenvalue weighted by Crippen LogP contribution is -2.23. The smallest absolute Gasteiger partial charge is 0.272 e. The first-order chi connectivity index (χ1) is 10.1. The molecule has 2 aromatic rings. The number of rotatable bonds is 3. The van der Waals surface area contributed by atoms with Gasteiger partial charge in [0, 0.05) is 37.6 Å². The Labute approximate surface area is 123 Å². The molecule has 1 aliphatic heterocycles. The second kappa shape index (κ2) is 5.44. The van der Waals surface area contributed by atoms with Gasteiger partial charge in [0.05, 0.1) is 0 Å². The number of aryl methyl sites for hydroxylation is 1. The Morgan fingerprint density at radius 3 is 2.52 bits per heavy atom. The first kappa shape index (κ1) is 13.4. The third kappa shape index (κ3) is 2.67. The predicted molar refractivity (Wildman–Crippen MR) is 81.4 cm³/mol. The summed E-state index contributed by atoms with van der Waals surface area (Å²) in [6.45, 7) is 0.772. The van der Waals surface area contributed by atoms with E-state index in [-0.39, 0.29) is 11.8 Å². The molecule has 1 aromatic carbocycles. The van der Waals surface area contributed by atoms with E-state index in [2.05, 4.69) is 5.32 Å². The third-order valence-corrected chi connectivity index (χ3v) is 3.69. The molecule has 21 heavy (non-hydrogen) atoms. The van der Waals surface area contributed by atoms with Gasteiger partial charge in [-0.25, -0.2) is 0 Å². The van der Waals surface area contributed by atoms with Crippen LogP contribution in [0.4, 0.5) is 11.4 Å². The lowest BCUT2D eigenvalue weighted by molar-refractivity contribution is -0.117. The Balaban J connectivity index is 1.71. The Kier molecular flexibility index (Phi) is 3.48. The average molecular weight is 283 g/mol. The summed E-state index contributed by atoms with van der Waals surface area (Å²) in [5.74, 6) is 0.0168. The summed E-state index contributed by atoms with van der Waals surface area (Å²) < 4.78 is 1.77. The van der Waals surface area contributed by atoms with E-state index in [1.54, 1.807) is 15.5 Å². The first-order valence-corrected chi connectivity index (χ1v) is 6.98. The van der Waals surface area contributed by atoms with E-state index < -0.39 is 0 Å². The molecule has 5 heteroatoms. The lowest BCUT2D eigenvalue weighted by atomic mass is 10.2. The van der Waals surface area contributed by atoms with Crippen molar-refractivity contribution in [1.82, 2.24) is 4.57 Å². The molecule has 1 aliphatic rings.